The topological polar surface area (TPSA) is 27.1 Å². The highest BCUT2D eigenvalue weighted by Gasteiger charge is 2.15. The van der Waals surface area contributed by atoms with Gasteiger partial charge in [-0.2, -0.15) is 5.10 Å². The van der Waals surface area contributed by atoms with Gasteiger partial charge in [0.15, 0.2) is 0 Å². The van der Waals surface area contributed by atoms with E-state index >= 15 is 0 Å². The van der Waals surface area contributed by atoms with Crippen LogP contribution in [0.2, 0.25) is 10.0 Å². The molecule has 0 bridgehead atoms. The third-order valence-electron chi connectivity index (χ3n) is 4.32. The summed E-state index contributed by atoms with van der Waals surface area (Å²) in [7, 11) is 1.65. The average Bonchev–Trinajstić information content (AvgIpc) is 3.14. The second kappa shape index (κ2) is 7.47. The quantitative estimate of drug-likeness (QED) is 0.393. The van der Waals surface area contributed by atoms with Crippen molar-refractivity contribution in [2.75, 3.05) is 7.11 Å². The predicted octanol–water partition coefficient (Wildman–Crippen LogP) is 6.52. The molecule has 4 aromatic rings. The van der Waals surface area contributed by atoms with E-state index in [0.29, 0.717) is 10.0 Å². The van der Waals surface area contributed by atoms with Crippen LogP contribution in [0.4, 0.5) is 0 Å². The van der Waals surface area contributed by atoms with Gasteiger partial charge in [0, 0.05) is 16.1 Å². The first-order valence-electron chi connectivity index (χ1n) is 8.41. The third kappa shape index (κ3) is 3.57. The summed E-state index contributed by atoms with van der Waals surface area (Å²) in [6, 6.07) is 25.2. The lowest BCUT2D eigenvalue weighted by Gasteiger charge is -2.08. The van der Waals surface area contributed by atoms with Gasteiger partial charge in [-0.1, -0.05) is 53.5 Å². The van der Waals surface area contributed by atoms with Crippen molar-refractivity contribution in [3.63, 3.8) is 0 Å². The molecule has 1 heterocycles. The number of hydrogen-bond donors (Lipinski definition) is 0. The van der Waals surface area contributed by atoms with E-state index in [1.807, 2.05) is 83.5 Å². The highest BCUT2D eigenvalue weighted by atomic mass is 35.5. The van der Waals surface area contributed by atoms with Crippen LogP contribution in [0.15, 0.2) is 78.9 Å². The smallest absolute Gasteiger partial charge is 0.119 e. The summed E-state index contributed by atoms with van der Waals surface area (Å²) in [5.74, 6) is 0.797. The van der Waals surface area contributed by atoms with Crippen molar-refractivity contribution in [3.05, 3.63) is 88.9 Å². The molecule has 0 fully saturated rings. The zero-order chi connectivity index (χ0) is 18.8. The summed E-state index contributed by atoms with van der Waals surface area (Å²) in [6.07, 6.45) is 0. The maximum absolute atomic E-state index is 6.39. The fraction of sp³-hybridized carbons (Fsp3) is 0.0455. The minimum atomic E-state index is 0.666. The van der Waals surface area contributed by atoms with E-state index in [2.05, 4.69) is 0 Å². The van der Waals surface area contributed by atoms with Crippen LogP contribution < -0.4 is 4.74 Å². The fourth-order valence-electron chi connectivity index (χ4n) is 2.93. The van der Waals surface area contributed by atoms with Crippen LogP contribution in [0.3, 0.4) is 0 Å². The molecule has 0 atom stereocenters. The van der Waals surface area contributed by atoms with Crippen molar-refractivity contribution in [1.82, 2.24) is 9.78 Å². The zero-order valence-electron chi connectivity index (χ0n) is 14.6. The normalized spacial score (nSPS) is 10.8. The van der Waals surface area contributed by atoms with Crippen molar-refractivity contribution in [1.29, 1.82) is 0 Å². The molecule has 0 amide bonds. The number of hydrogen-bond acceptors (Lipinski definition) is 2. The van der Waals surface area contributed by atoms with Gasteiger partial charge in [0.1, 0.15) is 5.75 Å². The van der Waals surface area contributed by atoms with Crippen LogP contribution in [-0.2, 0) is 0 Å². The lowest BCUT2D eigenvalue weighted by molar-refractivity contribution is 0.414. The SMILES string of the molecule is COc1ccc(-n2nc(-c3ccccc3Cl)cc2-c2ccc(Cl)cc2)cc1. The molecule has 0 saturated heterocycles. The Labute approximate surface area is 167 Å². The molecule has 0 aliphatic heterocycles. The predicted molar refractivity (Wildman–Crippen MR) is 111 cm³/mol. The second-order valence-corrected chi connectivity index (χ2v) is 6.86. The molecule has 134 valence electrons. The monoisotopic (exact) mass is 394 g/mol. The maximum Gasteiger partial charge on any atom is 0.119 e. The fourth-order valence-corrected chi connectivity index (χ4v) is 3.29. The Morgan fingerprint density at radius 2 is 1.56 bits per heavy atom. The van der Waals surface area contributed by atoms with E-state index in [1.165, 1.54) is 0 Å². The van der Waals surface area contributed by atoms with Crippen molar-refractivity contribution in [2.45, 2.75) is 0 Å². The minimum Gasteiger partial charge on any atom is -0.497 e. The molecule has 0 N–H and O–H groups in total. The van der Waals surface area contributed by atoms with Crippen LogP contribution in [0, 0.1) is 0 Å². The third-order valence-corrected chi connectivity index (χ3v) is 4.90. The lowest BCUT2D eigenvalue weighted by atomic mass is 10.1. The van der Waals surface area contributed by atoms with Crippen molar-refractivity contribution < 1.29 is 4.74 Å². The van der Waals surface area contributed by atoms with Gasteiger partial charge < -0.3 is 4.74 Å². The molecule has 0 radical (unpaired) electrons. The van der Waals surface area contributed by atoms with E-state index < -0.39 is 0 Å². The van der Waals surface area contributed by atoms with E-state index in [-0.39, 0.29) is 0 Å². The maximum atomic E-state index is 6.39. The molecule has 1 aromatic heterocycles. The van der Waals surface area contributed by atoms with E-state index in [1.54, 1.807) is 7.11 Å². The number of rotatable bonds is 4. The van der Waals surface area contributed by atoms with Gasteiger partial charge in [0.25, 0.3) is 0 Å². The summed E-state index contributed by atoms with van der Waals surface area (Å²) in [6.45, 7) is 0. The Balaban J connectivity index is 1.89. The molecule has 0 saturated carbocycles. The summed E-state index contributed by atoms with van der Waals surface area (Å²) < 4.78 is 7.17. The van der Waals surface area contributed by atoms with Crippen molar-refractivity contribution >= 4 is 23.2 Å². The van der Waals surface area contributed by atoms with Gasteiger partial charge in [-0.3, -0.25) is 0 Å². The summed E-state index contributed by atoms with van der Waals surface area (Å²) >= 11 is 12.4. The molecule has 0 unspecified atom stereocenters. The highest BCUT2D eigenvalue weighted by molar-refractivity contribution is 6.33. The number of ether oxygens (including phenoxy) is 1. The molecule has 0 aliphatic carbocycles. The first-order chi connectivity index (χ1) is 13.2. The molecule has 0 aliphatic rings. The van der Waals surface area contributed by atoms with Crippen molar-refractivity contribution in [3.8, 4) is 34.0 Å². The van der Waals surface area contributed by atoms with Gasteiger partial charge in [0.05, 0.1) is 29.2 Å². The number of nitrogens with zero attached hydrogens (tertiary/aromatic N) is 2. The highest BCUT2D eigenvalue weighted by Crippen LogP contribution is 2.32. The van der Waals surface area contributed by atoms with Crippen LogP contribution in [0.1, 0.15) is 0 Å². The largest absolute Gasteiger partial charge is 0.497 e. The first-order valence-corrected chi connectivity index (χ1v) is 9.16. The Bertz CT molecular complexity index is 1070. The van der Waals surface area contributed by atoms with Crippen LogP contribution in [0.25, 0.3) is 28.2 Å². The second-order valence-electron chi connectivity index (χ2n) is 6.01. The summed E-state index contributed by atoms with van der Waals surface area (Å²) in [5.41, 5.74) is 4.59. The van der Waals surface area contributed by atoms with Crippen LogP contribution in [-0.4, -0.2) is 16.9 Å². The van der Waals surface area contributed by atoms with E-state index in [9.17, 15) is 0 Å². The molecule has 3 nitrogen and oxygen atoms in total. The Morgan fingerprint density at radius 3 is 2.22 bits per heavy atom. The summed E-state index contributed by atoms with van der Waals surface area (Å²) in [5, 5.41) is 6.19. The molecule has 27 heavy (non-hydrogen) atoms. The van der Waals surface area contributed by atoms with Gasteiger partial charge in [-0.15, -0.1) is 0 Å². The molecule has 4 rings (SSSR count). The molecule has 5 heteroatoms. The molecular weight excluding hydrogens is 379 g/mol. The van der Waals surface area contributed by atoms with E-state index in [4.69, 9.17) is 33.0 Å². The number of aromatic nitrogens is 2. The van der Waals surface area contributed by atoms with Crippen LogP contribution in [0.5, 0.6) is 5.75 Å². The Morgan fingerprint density at radius 1 is 0.852 bits per heavy atom. The average molecular weight is 395 g/mol. The summed E-state index contributed by atoms with van der Waals surface area (Å²) in [4.78, 5) is 0. The minimum absolute atomic E-state index is 0.666. The van der Waals surface area contributed by atoms with Gasteiger partial charge in [-0.25, -0.2) is 4.68 Å². The first kappa shape index (κ1) is 17.7. The number of methoxy groups -OCH3 is 1. The van der Waals surface area contributed by atoms with Gasteiger partial charge >= 0.3 is 0 Å². The van der Waals surface area contributed by atoms with Crippen LogP contribution >= 0.6 is 23.2 Å². The zero-order valence-corrected chi connectivity index (χ0v) is 16.1. The number of benzene rings is 3. The molecular formula is C22H16Cl2N2O. The molecule has 0 spiro atoms. The Kier molecular flexibility index (Phi) is 4.88. The molecule has 3 aromatic carbocycles. The lowest BCUT2D eigenvalue weighted by Crippen LogP contribution is -1.99. The van der Waals surface area contributed by atoms with E-state index in [0.717, 1.165) is 34.0 Å². The standard InChI is InChI=1S/C22H16Cl2N2O/c1-27-18-12-10-17(11-13-18)26-22(15-6-8-16(23)9-7-15)14-21(25-26)19-4-2-3-5-20(19)24/h2-14H,1H3. The van der Waals surface area contributed by atoms with Crippen molar-refractivity contribution in [2.24, 2.45) is 0 Å². The van der Waals surface area contributed by atoms with Gasteiger partial charge in [0.2, 0.25) is 0 Å². The Hall–Kier alpha value is -2.75. The van der Waals surface area contributed by atoms with Gasteiger partial charge in [-0.05, 0) is 48.5 Å². The number of halogens is 2.